The van der Waals surface area contributed by atoms with Crippen LogP contribution in [-0.2, 0) is 3.79 Å². The van der Waals surface area contributed by atoms with Crippen LogP contribution >= 0.6 is 34.8 Å². The van der Waals surface area contributed by atoms with Gasteiger partial charge in [-0.2, -0.15) is 0 Å². The molecule has 112 valence electrons. The van der Waals surface area contributed by atoms with Gasteiger partial charge in [0.15, 0.2) is 0 Å². The SMILES string of the molecule is COc1cc(-c2cnnnc2C(Cl)(Cl)Cl)cc2ccccc12. The Morgan fingerprint density at radius 1 is 1.09 bits per heavy atom. The predicted octanol–water partition coefficient (Wildman–Crippen LogP) is 4.53. The molecule has 0 bridgehead atoms. The molecule has 0 saturated carbocycles. The van der Waals surface area contributed by atoms with Crippen LogP contribution in [0.25, 0.3) is 21.9 Å². The predicted molar refractivity (Wildman–Crippen MR) is 88.6 cm³/mol. The van der Waals surface area contributed by atoms with Crippen LogP contribution in [0.4, 0.5) is 0 Å². The number of alkyl halides is 3. The molecule has 0 fully saturated rings. The van der Waals surface area contributed by atoms with Crippen LogP contribution < -0.4 is 4.74 Å². The van der Waals surface area contributed by atoms with Gasteiger partial charge in [0, 0.05) is 10.9 Å². The molecule has 0 atom stereocenters. The van der Waals surface area contributed by atoms with Crippen molar-refractivity contribution >= 4 is 45.6 Å². The maximum Gasteiger partial charge on any atom is 0.235 e. The van der Waals surface area contributed by atoms with Gasteiger partial charge in [-0.05, 0) is 28.3 Å². The molecule has 0 aliphatic heterocycles. The third-order valence-corrected chi connectivity index (χ3v) is 3.80. The fourth-order valence-electron chi connectivity index (χ4n) is 2.29. The molecular weight excluding hydrogens is 345 g/mol. The van der Waals surface area contributed by atoms with Crippen LogP contribution in [0.1, 0.15) is 5.69 Å². The highest BCUT2D eigenvalue weighted by Gasteiger charge is 2.29. The zero-order valence-electron chi connectivity index (χ0n) is 11.4. The molecule has 3 aromatic rings. The highest BCUT2D eigenvalue weighted by molar-refractivity contribution is 6.66. The van der Waals surface area contributed by atoms with Crippen LogP contribution in [0.3, 0.4) is 0 Å². The summed E-state index contributed by atoms with van der Waals surface area (Å²) in [5.41, 5.74) is 1.61. The third-order valence-electron chi connectivity index (χ3n) is 3.26. The topological polar surface area (TPSA) is 47.9 Å². The maximum absolute atomic E-state index is 5.97. The summed E-state index contributed by atoms with van der Waals surface area (Å²) < 4.78 is 3.77. The van der Waals surface area contributed by atoms with E-state index in [-0.39, 0.29) is 5.69 Å². The van der Waals surface area contributed by atoms with Gasteiger partial charge in [0.05, 0.1) is 13.3 Å². The van der Waals surface area contributed by atoms with E-state index in [0.717, 1.165) is 22.1 Å². The Kier molecular flexibility index (Phi) is 4.08. The summed E-state index contributed by atoms with van der Waals surface area (Å²) in [6.45, 7) is 0. The first-order chi connectivity index (χ1) is 10.5. The first kappa shape index (κ1) is 15.3. The average Bonchev–Trinajstić information content (AvgIpc) is 2.53. The van der Waals surface area contributed by atoms with E-state index in [1.54, 1.807) is 7.11 Å². The lowest BCUT2D eigenvalue weighted by Gasteiger charge is -2.15. The van der Waals surface area contributed by atoms with Crippen LogP contribution in [0.2, 0.25) is 0 Å². The van der Waals surface area contributed by atoms with Gasteiger partial charge >= 0.3 is 0 Å². The van der Waals surface area contributed by atoms with E-state index in [1.807, 2.05) is 36.4 Å². The minimum Gasteiger partial charge on any atom is -0.496 e. The lowest BCUT2D eigenvalue weighted by Crippen LogP contribution is -2.08. The fraction of sp³-hybridized carbons (Fsp3) is 0.133. The van der Waals surface area contributed by atoms with Crippen molar-refractivity contribution in [2.45, 2.75) is 3.79 Å². The lowest BCUT2D eigenvalue weighted by atomic mass is 10.0. The smallest absolute Gasteiger partial charge is 0.235 e. The second-order valence-electron chi connectivity index (χ2n) is 4.59. The molecule has 3 rings (SSSR count). The van der Waals surface area contributed by atoms with Gasteiger partial charge in [-0.1, -0.05) is 59.1 Å². The molecule has 0 saturated heterocycles. The van der Waals surface area contributed by atoms with Crippen molar-refractivity contribution in [3.8, 4) is 16.9 Å². The Hall–Kier alpha value is -1.62. The zero-order valence-corrected chi connectivity index (χ0v) is 13.7. The Bertz CT molecular complexity index is 834. The first-order valence-electron chi connectivity index (χ1n) is 6.33. The Labute approximate surface area is 142 Å². The van der Waals surface area contributed by atoms with Gasteiger partial charge in [-0.15, -0.1) is 10.2 Å². The summed E-state index contributed by atoms with van der Waals surface area (Å²) in [6, 6.07) is 11.7. The van der Waals surface area contributed by atoms with Crippen LogP contribution in [-0.4, -0.2) is 22.5 Å². The molecule has 2 aromatic carbocycles. The van der Waals surface area contributed by atoms with Gasteiger partial charge in [0.1, 0.15) is 11.4 Å². The number of benzene rings is 2. The monoisotopic (exact) mass is 353 g/mol. The number of hydrogen-bond acceptors (Lipinski definition) is 4. The second-order valence-corrected chi connectivity index (χ2v) is 6.87. The lowest BCUT2D eigenvalue weighted by molar-refractivity contribution is 0.420. The normalized spacial score (nSPS) is 11.6. The summed E-state index contributed by atoms with van der Waals surface area (Å²) in [6.07, 6.45) is 1.52. The summed E-state index contributed by atoms with van der Waals surface area (Å²) in [5, 5.41) is 13.2. The quantitative estimate of drug-likeness (QED) is 0.635. The van der Waals surface area contributed by atoms with Gasteiger partial charge in [0.25, 0.3) is 0 Å². The molecule has 7 heteroatoms. The van der Waals surface area contributed by atoms with E-state index in [4.69, 9.17) is 39.5 Å². The van der Waals surface area contributed by atoms with Crippen LogP contribution in [0, 0.1) is 0 Å². The molecule has 0 amide bonds. The number of methoxy groups -OCH3 is 1. The molecule has 0 radical (unpaired) electrons. The van der Waals surface area contributed by atoms with Crippen molar-refractivity contribution in [2.75, 3.05) is 7.11 Å². The van der Waals surface area contributed by atoms with Crippen LogP contribution in [0.5, 0.6) is 5.75 Å². The molecule has 0 spiro atoms. The molecule has 1 aromatic heterocycles. The van der Waals surface area contributed by atoms with Crippen molar-refractivity contribution in [1.82, 2.24) is 15.4 Å². The van der Waals surface area contributed by atoms with E-state index in [2.05, 4.69) is 15.4 Å². The van der Waals surface area contributed by atoms with Gasteiger partial charge in [-0.3, -0.25) is 0 Å². The molecule has 0 aliphatic rings. The van der Waals surface area contributed by atoms with Gasteiger partial charge in [0.2, 0.25) is 3.79 Å². The Balaban J connectivity index is 2.28. The molecule has 0 aliphatic carbocycles. The maximum atomic E-state index is 5.97. The molecule has 4 nitrogen and oxygen atoms in total. The molecule has 0 unspecified atom stereocenters. The number of rotatable bonds is 2. The molecule has 0 N–H and O–H groups in total. The van der Waals surface area contributed by atoms with E-state index in [9.17, 15) is 0 Å². The second kappa shape index (κ2) is 5.88. The van der Waals surface area contributed by atoms with E-state index < -0.39 is 3.79 Å². The summed E-state index contributed by atoms with van der Waals surface area (Å²) >= 11 is 17.9. The number of ether oxygens (including phenoxy) is 1. The standard InChI is InChI=1S/C15H10Cl3N3O/c1-22-13-7-10(6-9-4-2-3-5-11(9)13)12-8-19-21-20-14(12)15(16,17)18/h2-8H,1H3. The highest BCUT2D eigenvalue weighted by atomic mass is 35.6. The third kappa shape index (κ3) is 2.82. The summed E-state index contributed by atoms with van der Waals surface area (Å²) in [4.78, 5) is 0. The van der Waals surface area contributed by atoms with E-state index >= 15 is 0 Å². The largest absolute Gasteiger partial charge is 0.496 e. The number of fused-ring (bicyclic) bond motifs is 1. The zero-order chi connectivity index (χ0) is 15.7. The van der Waals surface area contributed by atoms with Gasteiger partial charge in [-0.25, -0.2) is 0 Å². The number of nitrogens with zero attached hydrogens (tertiary/aromatic N) is 3. The Morgan fingerprint density at radius 2 is 1.86 bits per heavy atom. The highest BCUT2D eigenvalue weighted by Crippen LogP contribution is 2.42. The van der Waals surface area contributed by atoms with Crippen molar-refractivity contribution in [2.24, 2.45) is 0 Å². The summed E-state index contributed by atoms with van der Waals surface area (Å²) in [7, 11) is 1.62. The first-order valence-corrected chi connectivity index (χ1v) is 7.47. The molecule has 1 heterocycles. The fourth-order valence-corrected chi connectivity index (χ4v) is 2.71. The van der Waals surface area contributed by atoms with Gasteiger partial charge < -0.3 is 4.74 Å². The number of hydrogen-bond donors (Lipinski definition) is 0. The van der Waals surface area contributed by atoms with Crippen LogP contribution in [0.15, 0.2) is 42.6 Å². The van der Waals surface area contributed by atoms with E-state index in [1.165, 1.54) is 6.20 Å². The van der Waals surface area contributed by atoms with Crippen molar-refractivity contribution < 1.29 is 4.74 Å². The number of halogens is 3. The summed E-state index contributed by atoms with van der Waals surface area (Å²) in [5.74, 6) is 0.722. The average molecular weight is 355 g/mol. The van der Waals surface area contributed by atoms with Crippen molar-refractivity contribution in [3.63, 3.8) is 0 Å². The number of aromatic nitrogens is 3. The molecular formula is C15H10Cl3N3O. The molecule has 22 heavy (non-hydrogen) atoms. The Morgan fingerprint density at radius 3 is 2.59 bits per heavy atom. The van der Waals surface area contributed by atoms with Crippen molar-refractivity contribution in [3.05, 3.63) is 48.3 Å². The van der Waals surface area contributed by atoms with Crippen molar-refractivity contribution in [1.29, 1.82) is 0 Å². The minimum absolute atomic E-state index is 0.227. The minimum atomic E-state index is -1.69. The van der Waals surface area contributed by atoms with E-state index in [0.29, 0.717) is 5.56 Å².